The Balaban J connectivity index is 1.28. The van der Waals surface area contributed by atoms with E-state index in [-0.39, 0.29) is 10.8 Å². The minimum absolute atomic E-state index is 0.0748. The zero-order valence-electron chi connectivity index (χ0n) is 18.5. The van der Waals surface area contributed by atoms with Crippen molar-refractivity contribution in [2.75, 3.05) is 29.0 Å². The summed E-state index contributed by atoms with van der Waals surface area (Å²) in [6, 6.07) is 21.2. The van der Waals surface area contributed by atoms with E-state index in [0.717, 1.165) is 18.6 Å². The molecule has 0 aliphatic carbocycles. The van der Waals surface area contributed by atoms with E-state index in [0.29, 0.717) is 42.5 Å². The summed E-state index contributed by atoms with van der Waals surface area (Å²) in [5.41, 5.74) is 1.00. The quantitative estimate of drug-likeness (QED) is 0.313. The van der Waals surface area contributed by atoms with Gasteiger partial charge in [-0.15, -0.1) is 11.8 Å². The lowest BCUT2D eigenvalue weighted by molar-refractivity contribution is -0.116. The van der Waals surface area contributed by atoms with Crippen LogP contribution in [0.5, 0.6) is 11.5 Å². The number of carbonyl (C=O) groups excluding carboxylic acids is 1. The van der Waals surface area contributed by atoms with Crippen molar-refractivity contribution in [3.05, 3.63) is 72.8 Å². The van der Waals surface area contributed by atoms with Crippen LogP contribution < -0.4 is 19.5 Å². The molecule has 0 saturated carbocycles. The number of hydrogen-bond acceptors (Lipinski definition) is 6. The second-order valence-electron chi connectivity index (χ2n) is 7.66. The van der Waals surface area contributed by atoms with E-state index in [1.807, 2.05) is 18.2 Å². The third-order valence-electron chi connectivity index (χ3n) is 5.01. The number of nitrogens with one attached hydrogen (secondary N) is 2. The zero-order valence-corrected chi connectivity index (χ0v) is 20.2. The fraction of sp³-hybridized carbons (Fsp3) is 0.240. The largest absolute Gasteiger partial charge is 0.490 e. The van der Waals surface area contributed by atoms with Gasteiger partial charge in [-0.1, -0.05) is 18.2 Å². The number of rotatable bonds is 9. The molecule has 34 heavy (non-hydrogen) atoms. The molecular formula is C25H26N2O5S2. The van der Waals surface area contributed by atoms with Gasteiger partial charge in [-0.25, -0.2) is 8.42 Å². The van der Waals surface area contributed by atoms with Crippen molar-refractivity contribution in [3.63, 3.8) is 0 Å². The summed E-state index contributed by atoms with van der Waals surface area (Å²) in [6.45, 7) is 1.01. The molecule has 4 rings (SSSR count). The van der Waals surface area contributed by atoms with Crippen molar-refractivity contribution < 1.29 is 22.7 Å². The minimum atomic E-state index is -3.81. The van der Waals surface area contributed by atoms with Crippen molar-refractivity contribution >= 4 is 39.1 Å². The van der Waals surface area contributed by atoms with Gasteiger partial charge < -0.3 is 14.8 Å². The number of fused-ring (bicyclic) bond motifs is 1. The van der Waals surface area contributed by atoms with Crippen LogP contribution in [-0.4, -0.2) is 33.3 Å². The van der Waals surface area contributed by atoms with Crippen molar-refractivity contribution in [2.24, 2.45) is 0 Å². The molecule has 7 nitrogen and oxygen atoms in total. The van der Waals surface area contributed by atoms with Crippen molar-refractivity contribution in [3.8, 4) is 11.5 Å². The smallest absolute Gasteiger partial charge is 0.262 e. The third-order valence-corrected chi connectivity index (χ3v) is 7.49. The highest BCUT2D eigenvalue weighted by molar-refractivity contribution is 7.99. The molecule has 0 bridgehead atoms. The number of hydrogen-bond donors (Lipinski definition) is 2. The number of carbonyl (C=O) groups is 1. The Labute approximate surface area is 203 Å². The van der Waals surface area contributed by atoms with Gasteiger partial charge in [0.25, 0.3) is 10.0 Å². The Hall–Kier alpha value is -3.17. The summed E-state index contributed by atoms with van der Waals surface area (Å²) in [5, 5.41) is 2.85. The van der Waals surface area contributed by atoms with Gasteiger partial charge in [-0.3, -0.25) is 9.52 Å². The summed E-state index contributed by atoms with van der Waals surface area (Å²) < 4.78 is 39.3. The summed E-state index contributed by atoms with van der Waals surface area (Å²) in [5.74, 6) is 1.74. The molecule has 0 atom stereocenters. The fourth-order valence-corrected chi connectivity index (χ4v) is 5.26. The second kappa shape index (κ2) is 11.3. The van der Waals surface area contributed by atoms with Crippen LogP contribution in [0.15, 0.2) is 82.6 Å². The SMILES string of the molecule is O=C(CCCSc1ccccc1)Nc1ccc(NS(=O)(=O)c2ccc3c(c2)OCCCO3)cc1. The van der Waals surface area contributed by atoms with Gasteiger partial charge in [-0.05, 0) is 60.7 Å². The van der Waals surface area contributed by atoms with Gasteiger partial charge in [0.2, 0.25) is 5.91 Å². The first-order chi connectivity index (χ1) is 16.5. The molecule has 0 spiro atoms. The average molecular weight is 499 g/mol. The molecule has 3 aromatic rings. The maximum Gasteiger partial charge on any atom is 0.262 e. The lowest BCUT2D eigenvalue weighted by Gasteiger charge is -2.12. The van der Waals surface area contributed by atoms with Crippen LogP contribution in [0.25, 0.3) is 0 Å². The van der Waals surface area contributed by atoms with Gasteiger partial charge in [0.05, 0.1) is 18.1 Å². The van der Waals surface area contributed by atoms with Crippen LogP contribution >= 0.6 is 11.8 Å². The minimum Gasteiger partial charge on any atom is -0.490 e. The average Bonchev–Trinajstić information content (AvgIpc) is 3.09. The Bertz CT molecular complexity index is 1220. The van der Waals surface area contributed by atoms with Crippen molar-refractivity contribution in [1.82, 2.24) is 0 Å². The molecule has 2 N–H and O–H groups in total. The lowest BCUT2D eigenvalue weighted by atomic mass is 10.2. The van der Waals surface area contributed by atoms with Crippen LogP contribution in [-0.2, 0) is 14.8 Å². The summed E-state index contributed by atoms with van der Waals surface area (Å²) >= 11 is 1.72. The van der Waals surface area contributed by atoms with E-state index in [4.69, 9.17) is 9.47 Å². The Morgan fingerprint density at radius 3 is 2.35 bits per heavy atom. The predicted octanol–water partition coefficient (Wildman–Crippen LogP) is 5.16. The van der Waals surface area contributed by atoms with E-state index < -0.39 is 10.0 Å². The maximum absolute atomic E-state index is 12.8. The van der Waals surface area contributed by atoms with Gasteiger partial charge in [-0.2, -0.15) is 0 Å². The second-order valence-corrected chi connectivity index (χ2v) is 10.5. The molecule has 1 aliphatic rings. The molecule has 0 aromatic heterocycles. The normalized spacial score (nSPS) is 13.1. The number of ether oxygens (including phenoxy) is 2. The van der Waals surface area contributed by atoms with E-state index in [1.165, 1.54) is 17.0 Å². The van der Waals surface area contributed by atoms with Crippen molar-refractivity contribution in [1.29, 1.82) is 0 Å². The number of thioether (sulfide) groups is 1. The molecule has 1 heterocycles. The standard InChI is InChI=1S/C25H26N2O5S2/c28-25(8-4-17-33-21-6-2-1-3-7-21)26-19-9-11-20(12-10-19)27-34(29,30)22-13-14-23-24(18-22)32-16-5-15-31-23/h1-3,6-7,9-14,18,27H,4-5,8,15-17H2,(H,26,28). The van der Waals surface area contributed by atoms with Gasteiger partial charge in [0.15, 0.2) is 11.5 Å². The monoisotopic (exact) mass is 498 g/mol. The molecule has 0 unspecified atom stereocenters. The van der Waals surface area contributed by atoms with Crippen LogP contribution in [0.1, 0.15) is 19.3 Å². The Morgan fingerprint density at radius 2 is 1.59 bits per heavy atom. The summed E-state index contributed by atoms with van der Waals surface area (Å²) in [6.07, 6.45) is 1.92. The number of anilines is 2. The molecule has 1 aliphatic heterocycles. The van der Waals surface area contributed by atoms with Crippen LogP contribution in [0.4, 0.5) is 11.4 Å². The van der Waals surface area contributed by atoms with E-state index in [9.17, 15) is 13.2 Å². The van der Waals surface area contributed by atoms with E-state index in [1.54, 1.807) is 42.1 Å². The highest BCUT2D eigenvalue weighted by Crippen LogP contribution is 2.32. The fourth-order valence-electron chi connectivity index (χ4n) is 3.31. The molecule has 9 heteroatoms. The molecule has 1 amide bonds. The zero-order chi connectivity index (χ0) is 23.8. The summed E-state index contributed by atoms with van der Waals surface area (Å²) in [7, 11) is -3.81. The Kier molecular flexibility index (Phi) is 7.97. The van der Waals surface area contributed by atoms with E-state index in [2.05, 4.69) is 22.2 Å². The van der Waals surface area contributed by atoms with Gasteiger partial charge >= 0.3 is 0 Å². The topological polar surface area (TPSA) is 93.7 Å². The maximum atomic E-state index is 12.8. The lowest BCUT2D eigenvalue weighted by Crippen LogP contribution is -2.14. The molecule has 0 fully saturated rings. The first kappa shape index (κ1) is 24.0. The van der Waals surface area contributed by atoms with Crippen molar-refractivity contribution in [2.45, 2.75) is 29.1 Å². The molecule has 0 saturated heterocycles. The highest BCUT2D eigenvalue weighted by Gasteiger charge is 2.19. The third kappa shape index (κ3) is 6.68. The molecule has 0 radical (unpaired) electrons. The van der Waals surface area contributed by atoms with Crippen LogP contribution in [0.2, 0.25) is 0 Å². The predicted molar refractivity (Wildman–Crippen MR) is 134 cm³/mol. The molecule has 178 valence electrons. The summed E-state index contributed by atoms with van der Waals surface area (Å²) in [4.78, 5) is 13.5. The first-order valence-electron chi connectivity index (χ1n) is 11.0. The number of sulfonamides is 1. The number of amides is 1. The first-order valence-corrected chi connectivity index (χ1v) is 13.5. The van der Waals surface area contributed by atoms with E-state index >= 15 is 0 Å². The Morgan fingerprint density at radius 1 is 0.882 bits per heavy atom. The van der Waals surface area contributed by atoms with Gasteiger partial charge in [0, 0.05) is 35.2 Å². The van der Waals surface area contributed by atoms with Crippen LogP contribution in [0.3, 0.4) is 0 Å². The molecule has 3 aromatic carbocycles. The van der Waals surface area contributed by atoms with Gasteiger partial charge in [0.1, 0.15) is 0 Å². The number of benzene rings is 3. The highest BCUT2D eigenvalue weighted by atomic mass is 32.2. The van der Waals surface area contributed by atoms with Crippen LogP contribution in [0, 0.1) is 0 Å². The molecular weight excluding hydrogens is 472 g/mol.